The van der Waals surface area contributed by atoms with E-state index in [1.165, 1.54) is 22.3 Å². The van der Waals surface area contributed by atoms with Crippen molar-refractivity contribution in [2.24, 2.45) is 9.98 Å². The van der Waals surface area contributed by atoms with Crippen molar-refractivity contribution in [1.29, 1.82) is 0 Å². The van der Waals surface area contributed by atoms with E-state index in [0.717, 1.165) is 33.0 Å². The van der Waals surface area contributed by atoms with Gasteiger partial charge in [0.05, 0.1) is 11.4 Å². The molecule has 2 nitrogen and oxygen atoms in total. The van der Waals surface area contributed by atoms with Crippen LogP contribution >= 0.6 is 23.5 Å². The minimum absolute atomic E-state index is 0. The van der Waals surface area contributed by atoms with E-state index in [4.69, 9.17) is 9.98 Å². The molecule has 0 amide bonds. The van der Waals surface area contributed by atoms with E-state index in [1.54, 1.807) is 0 Å². The second-order valence-corrected chi connectivity index (χ2v) is 14.0. The number of thioether (sulfide) groups is 2. The predicted octanol–water partition coefficient (Wildman–Crippen LogP) is 9.77. The minimum atomic E-state index is 0. The third-order valence-electron chi connectivity index (χ3n) is 6.19. The molecule has 0 radical (unpaired) electrons. The van der Waals surface area contributed by atoms with Crippen LogP contribution < -0.4 is 0 Å². The number of nitrogens with zero attached hydrogens (tertiary/aromatic N) is 2. The molecule has 194 valence electrons. The second kappa shape index (κ2) is 12.0. The van der Waals surface area contributed by atoms with Crippen LogP contribution in [-0.4, -0.2) is 21.6 Å². The summed E-state index contributed by atoms with van der Waals surface area (Å²) in [5.74, 6) is 2.98. The van der Waals surface area contributed by atoms with Crippen LogP contribution in [0.25, 0.3) is 0 Å². The molecule has 0 aromatic heterocycles. The fourth-order valence-corrected chi connectivity index (χ4v) is 6.20. The molecule has 1 aliphatic heterocycles. The average molecular weight is 554 g/mol. The van der Waals surface area contributed by atoms with E-state index >= 15 is 0 Å². The molecule has 2 aromatic rings. The van der Waals surface area contributed by atoms with Crippen molar-refractivity contribution < 1.29 is 16.5 Å². The standard InChI is InChI=1S/C30H42N2S2.Ni/c1-19(2)22-12-11-13-23(20(3)4)26(22)32-28-27(33-16-17-34-28)31-25-18-21(29(5,6)7)14-15-24(25)30(8,9)10;/h11-15,18-20H,16-17H2,1-10H3;. The van der Waals surface area contributed by atoms with Crippen LogP contribution in [0, 0.1) is 0 Å². The summed E-state index contributed by atoms with van der Waals surface area (Å²) in [7, 11) is 0. The maximum atomic E-state index is 5.33. The molecule has 0 aliphatic carbocycles. The molecule has 1 fully saturated rings. The van der Waals surface area contributed by atoms with Crippen molar-refractivity contribution in [1.82, 2.24) is 0 Å². The summed E-state index contributed by atoms with van der Waals surface area (Å²) in [5.41, 5.74) is 7.57. The molecule has 2 aromatic carbocycles. The molecular formula is C30H42N2NiS2. The van der Waals surface area contributed by atoms with E-state index < -0.39 is 0 Å². The third kappa shape index (κ3) is 7.49. The molecule has 0 spiro atoms. The number of rotatable bonds is 4. The van der Waals surface area contributed by atoms with Gasteiger partial charge in [-0.2, -0.15) is 0 Å². The van der Waals surface area contributed by atoms with Gasteiger partial charge in [-0.15, -0.1) is 23.5 Å². The molecule has 0 atom stereocenters. The maximum Gasteiger partial charge on any atom is 0.129 e. The fraction of sp³-hybridized carbons (Fsp3) is 0.533. The van der Waals surface area contributed by atoms with Gasteiger partial charge >= 0.3 is 0 Å². The van der Waals surface area contributed by atoms with Crippen LogP contribution in [0.3, 0.4) is 0 Å². The average Bonchev–Trinajstić information content (AvgIpc) is 2.73. The molecule has 3 rings (SSSR count). The van der Waals surface area contributed by atoms with Gasteiger partial charge in [-0.25, -0.2) is 9.98 Å². The topological polar surface area (TPSA) is 24.7 Å². The smallest absolute Gasteiger partial charge is 0.129 e. The summed E-state index contributed by atoms with van der Waals surface area (Å²) in [4.78, 5) is 10.6. The van der Waals surface area contributed by atoms with Gasteiger partial charge < -0.3 is 0 Å². The van der Waals surface area contributed by atoms with Crippen molar-refractivity contribution >= 4 is 45.0 Å². The predicted molar refractivity (Wildman–Crippen MR) is 158 cm³/mol. The van der Waals surface area contributed by atoms with Crippen molar-refractivity contribution in [3.63, 3.8) is 0 Å². The van der Waals surface area contributed by atoms with Gasteiger partial charge in [0.2, 0.25) is 0 Å². The Kier molecular flexibility index (Phi) is 10.4. The number of benzene rings is 2. The van der Waals surface area contributed by atoms with Gasteiger partial charge in [-0.1, -0.05) is 99.6 Å². The Labute approximate surface area is 232 Å². The van der Waals surface area contributed by atoms with Crippen LogP contribution in [0.15, 0.2) is 46.4 Å². The first-order chi connectivity index (χ1) is 15.8. The van der Waals surface area contributed by atoms with E-state index in [2.05, 4.69) is 106 Å². The first-order valence-electron chi connectivity index (χ1n) is 12.5. The Morgan fingerprint density at radius 1 is 0.714 bits per heavy atom. The van der Waals surface area contributed by atoms with E-state index in [1.807, 2.05) is 23.5 Å². The quantitative estimate of drug-likeness (QED) is 0.352. The molecule has 35 heavy (non-hydrogen) atoms. The van der Waals surface area contributed by atoms with Crippen molar-refractivity contribution in [2.75, 3.05) is 11.5 Å². The van der Waals surface area contributed by atoms with Gasteiger partial charge in [0, 0.05) is 28.0 Å². The molecule has 0 saturated carbocycles. The Morgan fingerprint density at radius 3 is 1.69 bits per heavy atom. The number of para-hydroxylation sites is 1. The molecule has 0 N–H and O–H groups in total. The Hall–Kier alpha value is -1.03. The number of hydrogen-bond donors (Lipinski definition) is 0. The largest absolute Gasteiger partial charge is 0.239 e. The summed E-state index contributed by atoms with van der Waals surface area (Å²) in [6.07, 6.45) is 0. The van der Waals surface area contributed by atoms with Crippen LogP contribution in [0.2, 0.25) is 0 Å². The number of hydrogen-bond acceptors (Lipinski definition) is 4. The zero-order valence-electron chi connectivity index (χ0n) is 23.1. The second-order valence-electron chi connectivity index (χ2n) is 11.9. The van der Waals surface area contributed by atoms with Crippen LogP contribution in [0.5, 0.6) is 0 Å². The van der Waals surface area contributed by atoms with Crippen LogP contribution in [0.1, 0.15) is 103 Å². The normalized spacial score (nSPS) is 17.4. The van der Waals surface area contributed by atoms with Gasteiger partial charge in [0.25, 0.3) is 0 Å². The fourth-order valence-electron chi connectivity index (χ4n) is 4.14. The molecule has 5 heteroatoms. The van der Waals surface area contributed by atoms with E-state index in [0.29, 0.717) is 11.8 Å². The molecule has 0 bridgehead atoms. The third-order valence-corrected chi connectivity index (χ3v) is 8.51. The Balaban J connectivity index is 0.00000432. The summed E-state index contributed by atoms with van der Waals surface area (Å²) < 4.78 is 0. The first-order valence-corrected chi connectivity index (χ1v) is 14.5. The summed E-state index contributed by atoms with van der Waals surface area (Å²) >= 11 is 3.69. The molecule has 0 unspecified atom stereocenters. The minimum Gasteiger partial charge on any atom is -0.239 e. The van der Waals surface area contributed by atoms with Crippen LogP contribution in [0.4, 0.5) is 11.4 Å². The molecule has 1 aliphatic rings. The SMILES string of the molecule is CC(C)c1cccc(C(C)C)c1N=C1SCCSC1=Nc1cc(C(C)(C)C)ccc1C(C)(C)C.[Ni]. The van der Waals surface area contributed by atoms with Crippen molar-refractivity contribution in [3.8, 4) is 0 Å². The van der Waals surface area contributed by atoms with Gasteiger partial charge in [0.1, 0.15) is 10.1 Å². The summed E-state index contributed by atoms with van der Waals surface area (Å²) in [6.45, 7) is 22.7. The van der Waals surface area contributed by atoms with Crippen molar-refractivity contribution in [3.05, 3.63) is 58.7 Å². The zero-order chi connectivity index (χ0) is 25.3. The van der Waals surface area contributed by atoms with E-state index in [9.17, 15) is 0 Å². The molecule has 1 heterocycles. The molecule has 1 saturated heterocycles. The summed E-state index contributed by atoms with van der Waals surface area (Å²) in [6, 6.07) is 13.5. The van der Waals surface area contributed by atoms with Gasteiger partial charge in [-0.3, -0.25) is 0 Å². The van der Waals surface area contributed by atoms with Gasteiger partial charge in [-0.05, 0) is 51.0 Å². The van der Waals surface area contributed by atoms with E-state index in [-0.39, 0.29) is 27.3 Å². The maximum absolute atomic E-state index is 5.33. The van der Waals surface area contributed by atoms with Gasteiger partial charge in [0.15, 0.2) is 0 Å². The first kappa shape index (κ1) is 30.2. The Bertz CT molecular complexity index is 1060. The Morgan fingerprint density at radius 2 is 1.23 bits per heavy atom. The summed E-state index contributed by atoms with van der Waals surface area (Å²) in [5, 5.41) is 2.12. The van der Waals surface area contributed by atoms with Crippen LogP contribution in [-0.2, 0) is 27.3 Å². The monoisotopic (exact) mass is 552 g/mol. The zero-order valence-corrected chi connectivity index (χ0v) is 25.7. The number of aliphatic imine (C=N–C) groups is 2. The van der Waals surface area contributed by atoms with Crippen molar-refractivity contribution in [2.45, 2.75) is 91.9 Å². The molecular weight excluding hydrogens is 511 g/mol.